The van der Waals surface area contributed by atoms with Gasteiger partial charge >= 0.3 is 0 Å². The minimum Gasteiger partial charge on any atom is -0.393 e. The van der Waals surface area contributed by atoms with E-state index in [1.54, 1.807) is 0 Å². The molecule has 0 radical (unpaired) electrons. The predicted molar refractivity (Wildman–Crippen MR) is 77.8 cm³/mol. The molecule has 0 aliphatic carbocycles. The summed E-state index contributed by atoms with van der Waals surface area (Å²) in [6.07, 6.45) is 3.33. The van der Waals surface area contributed by atoms with E-state index in [1.165, 1.54) is 32.5 Å². The van der Waals surface area contributed by atoms with Crippen molar-refractivity contribution >= 4 is 0 Å². The summed E-state index contributed by atoms with van der Waals surface area (Å²) in [6.45, 7) is 11.0. The Morgan fingerprint density at radius 3 is 2.33 bits per heavy atom. The van der Waals surface area contributed by atoms with Gasteiger partial charge in [-0.1, -0.05) is 20.8 Å². The largest absolute Gasteiger partial charge is 0.393 e. The first kappa shape index (κ1) is 15.9. The third-order valence-corrected chi connectivity index (χ3v) is 4.19. The van der Waals surface area contributed by atoms with E-state index < -0.39 is 0 Å². The van der Waals surface area contributed by atoms with Crippen LogP contribution in [0.15, 0.2) is 0 Å². The molecule has 1 aliphatic heterocycles. The van der Waals surface area contributed by atoms with Crippen molar-refractivity contribution in [2.45, 2.75) is 46.1 Å². The van der Waals surface area contributed by atoms with E-state index >= 15 is 0 Å². The Morgan fingerprint density at radius 1 is 1.28 bits per heavy atom. The Kier molecular flexibility index (Phi) is 6.09. The average molecular weight is 256 g/mol. The molecule has 1 unspecified atom stereocenters. The topological polar surface area (TPSA) is 26.7 Å². The zero-order chi connectivity index (χ0) is 13.8. The molecule has 0 aromatic heterocycles. The second-order valence-corrected chi connectivity index (χ2v) is 7.18. The SMILES string of the molecule is CN1CCC(CN(C)CCC(O)C(C)(C)C)CC1. The van der Waals surface area contributed by atoms with Gasteiger partial charge in [-0.25, -0.2) is 0 Å². The molecule has 1 fully saturated rings. The van der Waals surface area contributed by atoms with Gasteiger partial charge in [0.2, 0.25) is 0 Å². The summed E-state index contributed by atoms with van der Waals surface area (Å²) in [5, 5.41) is 10.0. The van der Waals surface area contributed by atoms with Crippen LogP contribution in [0.5, 0.6) is 0 Å². The Hall–Kier alpha value is -0.120. The number of nitrogens with zero attached hydrogens (tertiary/aromatic N) is 2. The molecule has 0 saturated carbocycles. The Bertz CT molecular complexity index is 229. The summed E-state index contributed by atoms with van der Waals surface area (Å²) in [5.41, 5.74) is 0.00832. The third-order valence-electron chi connectivity index (χ3n) is 4.19. The first-order valence-corrected chi connectivity index (χ1v) is 7.34. The van der Waals surface area contributed by atoms with Crippen LogP contribution >= 0.6 is 0 Å². The summed E-state index contributed by atoms with van der Waals surface area (Å²) >= 11 is 0. The standard InChI is InChI=1S/C15H32N2O/c1-15(2,3)14(18)8-11-17(5)12-13-6-9-16(4)10-7-13/h13-14,18H,6-12H2,1-5H3. The molecule has 0 aromatic rings. The molecule has 1 rings (SSSR count). The Balaban J connectivity index is 2.19. The van der Waals surface area contributed by atoms with Crippen molar-refractivity contribution in [3.8, 4) is 0 Å². The molecule has 3 heteroatoms. The molecule has 1 heterocycles. The van der Waals surface area contributed by atoms with E-state index in [4.69, 9.17) is 0 Å². The molecule has 3 nitrogen and oxygen atoms in total. The average Bonchev–Trinajstić information content (AvgIpc) is 2.28. The van der Waals surface area contributed by atoms with Crippen molar-refractivity contribution < 1.29 is 5.11 Å². The number of hydrogen-bond acceptors (Lipinski definition) is 3. The molecule has 1 aliphatic rings. The zero-order valence-electron chi connectivity index (χ0n) is 12.9. The van der Waals surface area contributed by atoms with Crippen molar-refractivity contribution in [2.75, 3.05) is 40.3 Å². The number of hydrogen-bond donors (Lipinski definition) is 1. The van der Waals surface area contributed by atoms with Gasteiger partial charge in [0.05, 0.1) is 6.10 Å². The van der Waals surface area contributed by atoms with Gasteiger partial charge in [0.25, 0.3) is 0 Å². The van der Waals surface area contributed by atoms with Gasteiger partial charge in [0.15, 0.2) is 0 Å². The predicted octanol–water partition coefficient (Wildman–Crippen LogP) is 2.06. The van der Waals surface area contributed by atoms with Crippen LogP contribution in [0, 0.1) is 11.3 Å². The van der Waals surface area contributed by atoms with Crippen molar-refractivity contribution in [3.63, 3.8) is 0 Å². The van der Waals surface area contributed by atoms with Crippen molar-refractivity contribution in [2.24, 2.45) is 11.3 Å². The van der Waals surface area contributed by atoms with Crippen LogP contribution in [-0.2, 0) is 0 Å². The maximum Gasteiger partial charge on any atom is 0.0600 e. The van der Waals surface area contributed by atoms with Crippen LogP contribution in [-0.4, -0.2) is 61.3 Å². The fraction of sp³-hybridized carbons (Fsp3) is 1.00. The minimum atomic E-state index is -0.197. The summed E-state index contributed by atoms with van der Waals surface area (Å²) < 4.78 is 0. The zero-order valence-corrected chi connectivity index (χ0v) is 12.9. The van der Waals surface area contributed by atoms with Gasteiger partial charge in [-0.05, 0) is 57.8 Å². The molecule has 0 amide bonds. The number of aliphatic hydroxyl groups excluding tert-OH is 1. The second kappa shape index (κ2) is 6.88. The minimum absolute atomic E-state index is 0.00832. The van der Waals surface area contributed by atoms with E-state index in [9.17, 15) is 5.11 Å². The third kappa shape index (κ3) is 5.68. The molecular weight excluding hydrogens is 224 g/mol. The van der Waals surface area contributed by atoms with Gasteiger partial charge < -0.3 is 14.9 Å². The monoisotopic (exact) mass is 256 g/mol. The first-order valence-electron chi connectivity index (χ1n) is 7.34. The van der Waals surface area contributed by atoms with Crippen molar-refractivity contribution in [3.05, 3.63) is 0 Å². The van der Waals surface area contributed by atoms with Crippen LogP contribution in [0.3, 0.4) is 0 Å². The number of rotatable bonds is 5. The van der Waals surface area contributed by atoms with Gasteiger partial charge in [-0.3, -0.25) is 0 Å². The van der Waals surface area contributed by atoms with Crippen LogP contribution in [0.4, 0.5) is 0 Å². The van der Waals surface area contributed by atoms with Crippen LogP contribution in [0.2, 0.25) is 0 Å². The first-order chi connectivity index (χ1) is 8.29. The summed E-state index contributed by atoms with van der Waals surface area (Å²) in [6, 6.07) is 0. The van der Waals surface area contributed by atoms with E-state index in [-0.39, 0.29) is 11.5 Å². The highest BCUT2D eigenvalue weighted by Gasteiger charge is 2.23. The Morgan fingerprint density at radius 2 is 1.83 bits per heavy atom. The molecule has 18 heavy (non-hydrogen) atoms. The second-order valence-electron chi connectivity index (χ2n) is 7.18. The summed E-state index contributed by atoms with van der Waals surface area (Å²) in [7, 11) is 4.40. The fourth-order valence-electron chi connectivity index (χ4n) is 2.55. The van der Waals surface area contributed by atoms with E-state index in [0.717, 1.165) is 18.9 Å². The molecule has 0 aromatic carbocycles. The maximum absolute atomic E-state index is 10.0. The highest BCUT2D eigenvalue weighted by Crippen LogP contribution is 2.22. The smallest absolute Gasteiger partial charge is 0.0600 e. The molecule has 108 valence electrons. The van der Waals surface area contributed by atoms with Gasteiger partial charge in [-0.2, -0.15) is 0 Å². The normalized spacial score (nSPS) is 21.5. The van der Waals surface area contributed by atoms with Crippen LogP contribution in [0.1, 0.15) is 40.0 Å². The molecule has 1 saturated heterocycles. The van der Waals surface area contributed by atoms with Crippen molar-refractivity contribution in [1.29, 1.82) is 0 Å². The highest BCUT2D eigenvalue weighted by molar-refractivity contribution is 4.76. The van der Waals surface area contributed by atoms with Gasteiger partial charge in [0, 0.05) is 13.1 Å². The van der Waals surface area contributed by atoms with Crippen LogP contribution in [0.25, 0.3) is 0 Å². The van der Waals surface area contributed by atoms with E-state index in [2.05, 4.69) is 44.7 Å². The fourth-order valence-corrected chi connectivity index (χ4v) is 2.55. The molecule has 0 spiro atoms. The van der Waals surface area contributed by atoms with Crippen LogP contribution < -0.4 is 0 Å². The van der Waals surface area contributed by atoms with E-state index in [1.807, 2.05) is 0 Å². The number of likely N-dealkylation sites (tertiary alicyclic amines) is 1. The summed E-state index contributed by atoms with van der Waals surface area (Å²) in [4.78, 5) is 4.81. The Labute approximate surface area is 113 Å². The lowest BCUT2D eigenvalue weighted by molar-refractivity contribution is 0.0455. The van der Waals surface area contributed by atoms with Gasteiger partial charge in [0.1, 0.15) is 0 Å². The molecule has 1 N–H and O–H groups in total. The molecular formula is C15H32N2O. The van der Waals surface area contributed by atoms with E-state index in [0.29, 0.717) is 0 Å². The lowest BCUT2D eigenvalue weighted by atomic mass is 9.87. The lowest BCUT2D eigenvalue weighted by Crippen LogP contribution is -2.37. The van der Waals surface area contributed by atoms with Crippen molar-refractivity contribution in [1.82, 2.24) is 9.80 Å². The number of aliphatic hydroxyl groups is 1. The molecule has 1 atom stereocenters. The quantitative estimate of drug-likeness (QED) is 0.815. The highest BCUT2D eigenvalue weighted by atomic mass is 16.3. The number of piperidine rings is 1. The van der Waals surface area contributed by atoms with Gasteiger partial charge in [-0.15, -0.1) is 0 Å². The maximum atomic E-state index is 10.0. The summed E-state index contributed by atoms with van der Waals surface area (Å²) in [5.74, 6) is 0.845. The lowest BCUT2D eigenvalue weighted by Gasteiger charge is -2.33. The molecule has 0 bridgehead atoms.